The topological polar surface area (TPSA) is 71.2 Å². The highest BCUT2D eigenvalue weighted by atomic mass is 32.1. The van der Waals surface area contributed by atoms with Crippen LogP contribution in [0.4, 0.5) is 10.9 Å². The molecule has 112 valence electrons. The SMILES string of the molecule is CCC1CCN(C(=O)c2sc(NCC(C)C)nc2N)C1. The first kappa shape index (κ1) is 15.1. The summed E-state index contributed by atoms with van der Waals surface area (Å²) in [7, 11) is 0. The number of thiazole rings is 1. The first-order valence-corrected chi connectivity index (χ1v) is 8.12. The molecule has 1 fully saturated rings. The summed E-state index contributed by atoms with van der Waals surface area (Å²) in [5, 5.41) is 3.97. The van der Waals surface area contributed by atoms with Gasteiger partial charge in [-0.15, -0.1) is 0 Å². The van der Waals surface area contributed by atoms with Gasteiger partial charge in [-0.05, 0) is 18.3 Å². The van der Waals surface area contributed by atoms with E-state index in [9.17, 15) is 4.79 Å². The Balaban J connectivity index is 2.03. The molecule has 3 N–H and O–H groups in total. The molecule has 1 unspecified atom stereocenters. The molecule has 6 heteroatoms. The first-order chi connectivity index (χ1) is 9.51. The summed E-state index contributed by atoms with van der Waals surface area (Å²) in [6.07, 6.45) is 2.22. The molecule has 2 rings (SSSR count). The summed E-state index contributed by atoms with van der Waals surface area (Å²) >= 11 is 1.37. The van der Waals surface area contributed by atoms with E-state index < -0.39 is 0 Å². The molecule has 2 heterocycles. The van der Waals surface area contributed by atoms with Gasteiger partial charge in [0.2, 0.25) is 0 Å². The second-order valence-electron chi connectivity index (χ2n) is 5.82. The zero-order valence-corrected chi connectivity index (χ0v) is 13.3. The van der Waals surface area contributed by atoms with Crippen LogP contribution in [-0.2, 0) is 0 Å². The van der Waals surface area contributed by atoms with Crippen molar-refractivity contribution in [2.24, 2.45) is 11.8 Å². The van der Waals surface area contributed by atoms with Crippen LogP contribution in [0, 0.1) is 11.8 Å². The van der Waals surface area contributed by atoms with Gasteiger partial charge in [0.05, 0.1) is 0 Å². The lowest BCUT2D eigenvalue weighted by Gasteiger charge is -2.15. The molecule has 0 radical (unpaired) electrons. The van der Waals surface area contributed by atoms with E-state index in [4.69, 9.17) is 5.73 Å². The normalized spacial score (nSPS) is 18.8. The summed E-state index contributed by atoms with van der Waals surface area (Å²) in [6.45, 7) is 8.96. The van der Waals surface area contributed by atoms with Crippen LogP contribution in [0.15, 0.2) is 0 Å². The van der Waals surface area contributed by atoms with Gasteiger partial charge >= 0.3 is 0 Å². The third kappa shape index (κ3) is 3.42. The van der Waals surface area contributed by atoms with Crippen molar-refractivity contribution in [2.45, 2.75) is 33.6 Å². The van der Waals surface area contributed by atoms with Crippen LogP contribution in [0.2, 0.25) is 0 Å². The van der Waals surface area contributed by atoms with Crippen molar-refractivity contribution in [3.05, 3.63) is 4.88 Å². The van der Waals surface area contributed by atoms with Gasteiger partial charge in [0.1, 0.15) is 10.7 Å². The Morgan fingerprint density at radius 2 is 2.35 bits per heavy atom. The highest BCUT2D eigenvalue weighted by molar-refractivity contribution is 7.18. The molecule has 0 saturated carbocycles. The molecule has 1 aromatic heterocycles. The Hall–Kier alpha value is -1.30. The van der Waals surface area contributed by atoms with E-state index in [1.54, 1.807) is 0 Å². The van der Waals surface area contributed by atoms with E-state index >= 15 is 0 Å². The highest BCUT2D eigenvalue weighted by Crippen LogP contribution is 2.29. The number of nitrogen functional groups attached to an aromatic ring is 1. The molecule has 20 heavy (non-hydrogen) atoms. The zero-order chi connectivity index (χ0) is 14.7. The van der Waals surface area contributed by atoms with Gasteiger partial charge in [-0.3, -0.25) is 4.79 Å². The molecule has 1 amide bonds. The summed E-state index contributed by atoms with van der Waals surface area (Å²) in [4.78, 5) is 19.2. The highest BCUT2D eigenvalue weighted by Gasteiger charge is 2.28. The smallest absolute Gasteiger partial charge is 0.267 e. The number of rotatable bonds is 5. The Labute approximate surface area is 124 Å². The number of likely N-dealkylation sites (tertiary alicyclic amines) is 1. The molecule has 1 aliphatic rings. The second-order valence-corrected chi connectivity index (χ2v) is 6.82. The quantitative estimate of drug-likeness (QED) is 0.876. The number of hydrogen-bond donors (Lipinski definition) is 2. The number of anilines is 2. The monoisotopic (exact) mass is 296 g/mol. The number of carbonyl (C=O) groups is 1. The van der Waals surface area contributed by atoms with Gasteiger partial charge in [0.25, 0.3) is 5.91 Å². The Morgan fingerprint density at radius 1 is 1.60 bits per heavy atom. The lowest BCUT2D eigenvalue weighted by Crippen LogP contribution is -2.28. The van der Waals surface area contributed by atoms with Crippen molar-refractivity contribution >= 4 is 28.2 Å². The Morgan fingerprint density at radius 3 is 2.95 bits per heavy atom. The predicted molar refractivity (Wildman–Crippen MR) is 84.2 cm³/mol. The molecule has 1 aliphatic heterocycles. The van der Waals surface area contributed by atoms with E-state index in [2.05, 4.69) is 31.1 Å². The van der Waals surface area contributed by atoms with Crippen molar-refractivity contribution < 1.29 is 4.79 Å². The molecule has 0 bridgehead atoms. The molecule has 1 atom stereocenters. The Kier molecular flexibility index (Phi) is 4.86. The minimum absolute atomic E-state index is 0.0357. The Bertz CT molecular complexity index is 472. The third-order valence-corrected chi connectivity index (χ3v) is 4.68. The van der Waals surface area contributed by atoms with Gasteiger partial charge in [-0.25, -0.2) is 4.98 Å². The van der Waals surface area contributed by atoms with Gasteiger partial charge in [0.15, 0.2) is 5.13 Å². The lowest BCUT2D eigenvalue weighted by atomic mass is 10.1. The molecule has 0 aromatic carbocycles. The van der Waals surface area contributed by atoms with Crippen LogP contribution in [-0.4, -0.2) is 35.4 Å². The number of carbonyl (C=O) groups excluding carboxylic acids is 1. The van der Waals surface area contributed by atoms with Crippen molar-refractivity contribution in [3.8, 4) is 0 Å². The number of hydrogen-bond acceptors (Lipinski definition) is 5. The molecule has 1 saturated heterocycles. The minimum atomic E-state index is 0.0357. The van der Waals surface area contributed by atoms with Crippen LogP contribution >= 0.6 is 11.3 Å². The fourth-order valence-corrected chi connectivity index (χ4v) is 3.21. The van der Waals surface area contributed by atoms with Crippen LogP contribution in [0.1, 0.15) is 43.3 Å². The second kappa shape index (κ2) is 6.43. The van der Waals surface area contributed by atoms with Crippen molar-refractivity contribution in [3.63, 3.8) is 0 Å². The summed E-state index contributed by atoms with van der Waals surface area (Å²) < 4.78 is 0. The van der Waals surface area contributed by atoms with E-state index in [1.807, 2.05) is 4.90 Å². The predicted octanol–water partition coefficient (Wildman–Crippen LogP) is 2.67. The van der Waals surface area contributed by atoms with Gasteiger partial charge < -0.3 is 16.0 Å². The molecular formula is C14H24N4OS. The van der Waals surface area contributed by atoms with Crippen LogP contribution < -0.4 is 11.1 Å². The molecule has 1 aromatic rings. The van der Waals surface area contributed by atoms with Crippen molar-refractivity contribution in [1.82, 2.24) is 9.88 Å². The number of nitrogens with zero attached hydrogens (tertiary/aromatic N) is 2. The number of amides is 1. The van der Waals surface area contributed by atoms with Crippen LogP contribution in [0.3, 0.4) is 0 Å². The van der Waals surface area contributed by atoms with E-state index in [-0.39, 0.29) is 5.91 Å². The summed E-state index contributed by atoms with van der Waals surface area (Å²) in [5.74, 6) is 1.55. The number of nitrogens with two attached hydrogens (primary N) is 1. The van der Waals surface area contributed by atoms with Gasteiger partial charge in [-0.2, -0.15) is 0 Å². The maximum atomic E-state index is 12.5. The fourth-order valence-electron chi connectivity index (χ4n) is 2.35. The molecule has 0 aliphatic carbocycles. The molecule has 0 spiro atoms. The van der Waals surface area contributed by atoms with Crippen LogP contribution in [0.5, 0.6) is 0 Å². The largest absolute Gasteiger partial charge is 0.382 e. The first-order valence-electron chi connectivity index (χ1n) is 7.30. The van der Waals surface area contributed by atoms with Crippen molar-refractivity contribution in [2.75, 3.05) is 30.7 Å². The average Bonchev–Trinajstić information content (AvgIpc) is 3.02. The van der Waals surface area contributed by atoms with E-state index in [0.717, 1.165) is 37.6 Å². The maximum Gasteiger partial charge on any atom is 0.267 e. The van der Waals surface area contributed by atoms with Gasteiger partial charge in [0, 0.05) is 19.6 Å². The molecular weight excluding hydrogens is 272 g/mol. The van der Waals surface area contributed by atoms with Crippen LogP contribution in [0.25, 0.3) is 0 Å². The summed E-state index contributed by atoms with van der Waals surface area (Å²) in [6, 6.07) is 0. The maximum absolute atomic E-state index is 12.5. The molecule has 5 nitrogen and oxygen atoms in total. The average molecular weight is 296 g/mol. The van der Waals surface area contributed by atoms with Crippen molar-refractivity contribution in [1.29, 1.82) is 0 Å². The lowest BCUT2D eigenvalue weighted by molar-refractivity contribution is 0.0792. The number of aromatic nitrogens is 1. The minimum Gasteiger partial charge on any atom is -0.382 e. The van der Waals surface area contributed by atoms with Gasteiger partial charge in [-0.1, -0.05) is 38.5 Å². The van der Waals surface area contributed by atoms with E-state index in [0.29, 0.717) is 22.5 Å². The fraction of sp³-hybridized carbons (Fsp3) is 0.714. The summed E-state index contributed by atoms with van der Waals surface area (Å²) in [5.41, 5.74) is 5.90. The third-order valence-electron chi connectivity index (χ3n) is 3.66. The number of nitrogens with one attached hydrogen (secondary N) is 1. The standard InChI is InChI=1S/C14H24N4OS/c1-4-10-5-6-18(8-10)13(19)11-12(15)17-14(20-11)16-7-9(2)3/h9-10H,4-8,15H2,1-3H3,(H,16,17). The zero-order valence-electron chi connectivity index (χ0n) is 12.5. The van der Waals surface area contributed by atoms with E-state index in [1.165, 1.54) is 11.3 Å².